The molecule has 0 aliphatic carbocycles. The molecule has 1 aromatic carbocycles. The van der Waals surface area contributed by atoms with Gasteiger partial charge in [0.25, 0.3) is 0 Å². The highest BCUT2D eigenvalue weighted by atomic mass is 19.4. The van der Waals surface area contributed by atoms with Crippen LogP contribution in [0.4, 0.5) is 24.7 Å². The highest BCUT2D eigenvalue weighted by Gasteiger charge is 2.31. The number of alkyl halides is 3. The summed E-state index contributed by atoms with van der Waals surface area (Å²) in [5, 5.41) is 13.8. The minimum absolute atomic E-state index is 0.00834. The standard InChI is InChI=1S/C15H13BF3N5O4/c1-16(26)24(9-5-3-8(4-6-9)15(17,18)19)13-11(12-22-14(25)28-23-12)21-10(27-2)7-20-13/h3-7,26H,1-2H3,(H,22,23,25). The molecule has 0 aliphatic heterocycles. The number of H-pyrrole nitrogens is 1. The molecule has 0 atom stereocenters. The maximum absolute atomic E-state index is 12.8. The molecule has 3 aromatic rings. The lowest BCUT2D eigenvalue weighted by molar-refractivity contribution is -0.137. The second-order valence-electron chi connectivity index (χ2n) is 5.57. The predicted octanol–water partition coefficient (Wildman–Crippen LogP) is 2.10. The molecule has 0 amide bonds. The summed E-state index contributed by atoms with van der Waals surface area (Å²) in [6, 6.07) is 4.10. The number of rotatable bonds is 5. The largest absolute Gasteiger partial charge is 0.480 e. The molecule has 3 rings (SSSR count). The van der Waals surface area contributed by atoms with Crippen LogP contribution >= 0.6 is 0 Å². The number of methoxy groups -OCH3 is 1. The molecule has 0 saturated heterocycles. The molecular formula is C15H13BF3N5O4. The second kappa shape index (κ2) is 7.35. The van der Waals surface area contributed by atoms with Gasteiger partial charge in [0, 0.05) is 5.69 Å². The van der Waals surface area contributed by atoms with Gasteiger partial charge < -0.3 is 14.6 Å². The summed E-state index contributed by atoms with van der Waals surface area (Å²) in [4.78, 5) is 23.1. The minimum atomic E-state index is -4.50. The lowest BCUT2D eigenvalue weighted by Gasteiger charge is -2.26. The number of ether oxygens (including phenoxy) is 1. The number of nitrogens with one attached hydrogen (secondary N) is 1. The van der Waals surface area contributed by atoms with Gasteiger partial charge in [-0.25, -0.2) is 14.8 Å². The summed E-state index contributed by atoms with van der Waals surface area (Å²) in [6.07, 6.45) is -3.25. The van der Waals surface area contributed by atoms with Crippen molar-refractivity contribution in [1.29, 1.82) is 0 Å². The fourth-order valence-corrected chi connectivity index (χ4v) is 2.46. The molecule has 13 heteroatoms. The van der Waals surface area contributed by atoms with Gasteiger partial charge in [0.2, 0.25) is 11.7 Å². The number of nitrogens with zero attached hydrogens (tertiary/aromatic N) is 4. The van der Waals surface area contributed by atoms with E-state index in [0.29, 0.717) is 0 Å². The summed E-state index contributed by atoms with van der Waals surface area (Å²) in [6.45, 7) is 1.39. The Morgan fingerprint density at radius 2 is 1.96 bits per heavy atom. The van der Waals surface area contributed by atoms with E-state index in [2.05, 4.69) is 24.6 Å². The van der Waals surface area contributed by atoms with Crippen LogP contribution in [0.2, 0.25) is 6.82 Å². The van der Waals surface area contributed by atoms with Gasteiger partial charge in [-0.1, -0.05) is 5.16 Å². The van der Waals surface area contributed by atoms with Crippen LogP contribution in [0.3, 0.4) is 0 Å². The third kappa shape index (κ3) is 3.83. The number of benzene rings is 1. The molecule has 0 saturated carbocycles. The van der Waals surface area contributed by atoms with Crippen molar-refractivity contribution in [3.63, 3.8) is 0 Å². The molecule has 0 fully saturated rings. The first-order chi connectivity index (χ1) is 13.2. The average molecular weight is 395 g/mol. The van der Waals surface area contributed by atoms with E-state index in [0.717, 1.165) is 12.1 Å². The molecule has 2 N–H and O–H groups in total. The molecule has 146 valence electrons. The van der Waals surface area contributed by atoms with Crippen LogP contribution in [-0.2, 0) is 6.18 Å². The summed E-state index contributed by atoms with van der Waals surface area (Å²) in [5.41, 5.74) is -0.649. The van der Waals surface area contributed by atoms with E-state index in [1.165, 1.54) is 37.1 Å². The molecular weight excluding hydrogens is 382 g/mol. The van der Waals surface area contributed by atoms with Gasteiger partial charge in [0.05, 0.1) is 18.9 Å². The van der Waals surface area contributed by atoms with E-state index in [9.17, 15) is 23.0 Å². The zero-order chi connectivity index (χ0) is 20.5. The average Bonchev–Trinajstić information content (AvgIpc) is 3.08. The van der Waals surface area contributed by atoms with Crippen molar-refractivity contribution in [2.45, 2.75) is 13.0 Å². The Morgan fingerprint density at radius 1 is 1.29 bits per heavy atom. The van der Waals surface area contributed by atoms with Crippen molar-refractivity contribution in [3.05, 3.63) is 46.6 Å². The molecule has 0 unspecified atom stereocenters. The van der Waals surface area contributed by atoms with E-state index < -0.39 is 24.5 Å². The van der Waals surface area contributed by atoms with Gasteiger partial charge in [0.1, 0.15) is 0 Å². The highest BCUT2D eigenvalue weighted by Crippen LogP contribution is 2.35. The smallest absolute Gasteiger partial charge is 0.439 e. The lowest BCUT2D eigenvalue weighted by atomic mass is 9.83. The Morgan fingerprint density at radius 3 is 2.46 bits per heavy atom. The van der Waals surface area contributed by atoms with Gasteiger partial charge in [-0.2, -0.15) is 13.2 Å². The van der Waals surface area contributed by atoms with Crippen molar-refractivity contribution < 1.29 is 27.5 Å². The van der Waals surface area contributed by atoms with Crippen LogP contribution in [-0.4, -0.2) is 39.3 Å². The normalized spacial score (nSPS) is 11.4. The summed E-state index contributed by atoms with van der Waals surface area (Å²) >= 11 is 0. The van der Waals surface area contributed by atoms with E-state index in [1.54, 1.807) is 0 Å². The molecule has 0 aliphatic rings. The van der Waals surface area contributed by atoms with Gasteiger partial charge in [-0.3, -0.25) is 9.51 Å². The van der Waals surface area contributed by atoms with Crippen molar-refractivity contribution in [2.24, 2.45) is 0 Å². The first-order valence-electron chi connectivity index (χ1n) is 7.82. The number of aromatic nitrogens is 4. The van der Waals surface area contributed by atoms with Crippen LogP contribution in [0.25, 0.3) is 11.5 Å². The molecule has 0 spiro atoms. The van der Waals surface area contributed by atoms with Crippen LogP contribution in [0, 0.1) is 0 Å². The molecule has 0 radical (unpaired) electrons. The van der Waals surface area contributed by atoms with Gasteiger partial charge in [0.15, 0.2) is 11.5 Å². The first-order valence-corrected chi connectivity index (χ1v) is 7.82. The molecule has 28 heavy (non-hydrogen) atoms. The fourth-order valence-electron chi connectivity index (χ4n) is 2.46. The second-order valence-corrected chi connectivity index (χ2v) is 5.57. The zero-order valence-corrected chi connectivity index (χ0v) is 14.6. The Kier molecular flexibility index (Phi) is 5.09. The van der Waals surface area contributed by atoms with Crippen molar-refractivity contribution >= 4 is 18.6 Å². The SMILES string of the molecule is COc1cnc(N(B(C)O)c2ccc(C(F)(F)F)cc2)c(-c2noc(=O)[nH]2)n1. The fraction of sp³-hybridized carbons (Fsp3) is 0.200. The first kappa shape index (κ1) is 19.4. The Bertz CT molecular complexity index is 1020. The van der Waals surface area contributed by atoms with Crippen LogP contribution in [0.15, 0.2) is 39.8 Å². The molecule has 9 nitrogen and oxygen atoms in total. The topological polar surface area (TPSA) is 117 Å². The van der Waals surface area contributed by atoms with E-state index in [4.69, 9.17) is 4.74 Å². The predicted molar refractivity (Wildman–Crippen MR) is 92.1 cm³/mol. The van der Waals surface area contributed by atoms with Crippen LogP contribution in [0.1, 0.15) is 5.56 Å². The Hall–Kier alpha value is -3.35. The van der Waals surface area contributed by atoms with E-state index in [-0.39, 0.29) is 28.9 Å². The quantitative estimate of drug-likeness (QED) is 0.631. The van der Waals surface area contributed by atoms with E-state index >= 15 is 0 Å². The molecule has 0 bridgehead atoms. The Labute approximate surface area is 155 Å². The van der Waals surface area contributed by atoms with Gasteiger partial charge >= 0.3 is 19.0 Å². The monoisotopic (exact) mass is 395 g/mol. The summed E-state index contributed by atoms with van der Waals surface area (Å²) in [5.74, 6) is -0.840. The highest BCUT2D eigenvalue weighted by molar-refractivity contribution is 6.55. The maximum Gasteiger partial charge on any atom is 0.439 e. The summed E-state index contributed by atoms with van der Waals surface area (Å²) < 4.78 is 47.9. The Balaban J connectivity index is 2.14. The van der Waals surface area contributed by atoms with Crippen molar-refractivity contribution in [2.75, 3.05) is 11.9 Å². The number of hydrogen-bond acceptors (Lipinski definition) is 8. The van der Waals surface area contributed by atoms with Gasteiger partial charge in [-0.15, -0.1) is 0 Å². The zero-order valence-electron chi connectivity index (χ0n) is 14.6. The number of hydrogen-bond donors (Lipinski definition) is 2. The third-order valence-electron chi connectivity index (χ3n) is 3.68. The van der Waals surface area contributed by atoms with Gasteiger partial charge in [-0.05, 0) is 31.1 Å². The number of aromatic amines is 1. The molecule has 2 aromatic heterocycles. The molecule has 2 heterocycles. The maximum atomic E-state index is 12.8. The minimum Gasteiger partial charge on any atom is -0.480 e. The van der Waals surface area contributed by atoms with Crippen molar-refractivity contribution in [1.82, 2.24) is 20.1 Å². The summed E-state index contributed by atoms with van der Waals surface area (Å²) in [7, 11) is 0.137. The van der Waals surface area contributed by atoms with E-state index in [1.807, 2.05) is 0 Å². The van der Waals surface area contributed by atoms with Crippen molar-refractivity contribution in [3.8, 4) is 17.4 Å². The third-order valence-corrected chi connectivity index (χ3v) is 3.68. The lowest BCUT2D eigenvalue weighted by Crippen LogP contribution is -2.34. The van der Waals surface area contributed by atoms with Crippen LogP contribution in [0.5, 0.6) is 5.88 Å². The number of anilines is 2. The number of halogens is 3. The van der Waals surface area contributed by atoms with Crippen LogP contribution < -0.4 is 15.3 Å².